The summed E-state index contributed by atoms with van der Waals surface area (Å²) < 4.78 is 13.2. The number of hydrogen-bond donors (Lipinski definition) is 2. The van der Waals surface area contributed by atoms with E-state index in [1.807, 2.05) is 0 Å². The monoisotopic (exact) mass is 198 g/mol. The lowest BCUT2D eigenvalue weighted by molar-refractivity contribution is -0.157. The zero-order valence-corrected chi connectivity index (χ0v) is 7.91. The van der Waals surface area contributed by atoms with Gasteiger partial charge < -0.3 is 10.2 Å². The Morgan fingerprint density at radius 3 is 2.57 bits per heavy atom. The number of aryl methyl sites for hydroxylation is 1. The molecule has 0 heterocycles. The van der Waals surface area contributed by atoms with Gasteiger partial charge in [0.1, 0.15) is 5.82 Å². The Hall–Kier alpha value is -1.42. The summed E-state index contributed by atoms with van der Waals surface area (Å²) in [6.07, 6.45) is 0. The van der Waals surface area contributed by atoms with E-state index in [0.29, 0.717) is 5.56 Å². The van der Waals surface area contributed by atoms with Gasteiger partial charge in [-0.15, -0.1) is 0 Å². The van der Waals surface area contributed by atoms with Gasteiger partial charge in [0.15, 0.2) is 5.60 Å². The molecular weight excluding hydrogens is 187 g/mol. The maximum Gasteiger partial charge on any atom is 0.340 e. The summed E-state index contributed by atoms with van der Waals surface area (Å²) in [6, 6.07) is 3.97. The first kappa shape index (κ1) is 10.7. The molecule has 0 aromatic heterocycles. The number of benzene rings is 1. The van der Waals surface area contributed by atoms with Gasteiger partial charge in [-0.25, -0.2) is 9.18 Å². The van der Waals surface area contributed by atoms with Gasteiger partial charge in [-0.1, -0.05) is 11.6 Å². The predicted octanol–water partition coefficient (Wildman–Crippen LogP) is 1.43. The standard InChI is InChI=1S/C10H11FO3/c1-6-3-4-8(11)7(5-6)10(2,14)9(12)13/h3-5,14H,1-2H3,(H,12,13). The number of halogens is 1. The molecule has 4 heteroatoms. The first-order chi connectivity index (χ1) is 6.35. The Bertz CT molecular complexity index is 372. The molecule has 1 aromatic rings. The first-order valence-electron chi connectivity index (χ1n) is 4.08. The molecule has 0 radical (unpaired) electrons. The van der Waals surface area contributed by atoms with E-state index < -0.39 is 17.4 Å². The van der Waals surface area contributed by atoms with Crippen molar-refractivity contribution in [1.29, 1.82) is 0 Å². The summed E-state index contributed by atoms with van der Waals surface area (Å²) in [5.74, 6) is -2.19. The lowest BCUT2D eigenvalue weighted by Gasteiger charge is -2.19. The molecule has 0 aliphatic carbocycles. The first-order valence-corrected chi connectivity index (χ1v) is 4.08. The molecule has 14 heavy (non-hydrogen) atoms. The maximum atomic E-state index is 13.2. The quantitative estimate of drug-likeness (QED) is 0.755. The van der Waals surface area contributed by atoms with Crippen LogP contribution in [0.3, 0.4) is 0 Å². The van der Waals surface area contributed by atoms with Gasteiger partial charge in [0.05, 0.1) is 0 Å². The van der Waals surface area contributed by atoms with Crippen LogP contribution in [0.1, 0.15) is 18.1 Å². The van der Waals surface area contributed by atoms with E-state index in [4.69, 9.17) is 5.11 Å². The van der Waals surface area contributed by atoms with E-state index in [1.54, 1.807) is 6.92 Å². The summed E-state index contributed by atoms with van der Waals surface area (Å²) >= 11 is 0. The number of rotatable bonds is 2. The summed E-state index contributed by atoms with van der Waals surface area (Å²) in [7, 11) is 0. The average molecular weight is 198 g/mol. The Kier molecular flexibility index (Phi) is 2.57. The Labute approximate surface area is 80.8 Å². The van der Waals surface area contributed by atoms with E-state index in [2.05, 4.69) is 0 Å². The van der Waals surface area contributed by atoms with E-state index in [9.17, 15) is 14.3 Å². The molecule has 1 aromatic carbocycles. The Balaban J connectivity index is 3.31. The van der Waals surface area contributed by atoms with Crippen LogP contribution in [0.4, 0.5) is 4.39 Å². The number of carbonyl (C=O) groups is 1. The van der Waals surface area contributed by atoms with E-state index in [1.165, 1.54) is 12.1 Å². The van der Waals surface area contributed by atoms with Crippen LogP contribution in [0.25, 0.3) is 0 Å². The van der Waals surface area contributed by atoms with Crippen molar-refractivity contribution in [3.8, 4) is 0 Å². The summed E-state index contributed by atoms with van der Waals surface area (Å²) in [5, 5.41) is 18.2. The molecule has 3 nitrogen and oxygen atoms in total. The Morgan fingerprint density at radius 1 is 1.50 bits per heavy atom. The largest absolute Gasteiger partial charge is 0.479 e. The number of carboxylic acid groups (broad SMARTS) is 1. The van der Waals surface area contributed by atoms with Gasteiger partial charge in [-0.05, 0) is 26.0 Å². The van der Waals surface area contributed by atoms with Crippen LogP contribution in [-0.2, 0) is 10.4 Å². The molecule has 0 saturated heterocycles. The molecule has 1 atom stereocenters. The van der Waals surface area contributed by atoms with Gasteiger partial charge in [0.2, 0.25) is 0 Å². The third-order valence-corrected chi connectivity index (χ3v) is 2.06. The third-order valence-electron chi connectivity index (χ3n) is 2.06. The third kappa shape index (κ3) is 1.75. The van der Waals surface area contributed by atoms with Crippen LogP contribution >= 0.6 is 0 Å². The van der Waals surface area contributed by atoms with Gasteiger partial charge in [-0.3, -0.25) is 0 Å². The molecule has 0 amide bonds. The molecule has 0 fully saturated rings. The van der Waals surface area contributed by atoms with E-state index in [0.717, 1.165) is 13.0 Å². The number of aliphatic hydroxyl groups is 1. The van der Waals surface area contributed by atoms with Crippen molar-refractivity contribution in [2.24, 2.45) is 0 Å². The number of aliphatic carboxylic acids is 1. The fraction of sp³-hybridized carbons (Fsp3) is 0.300. The summed E-state index contributed by atoms with van der Waals surface area (Å²) in [6.45, 7) is 2.74. The molecule has 76 valence electrons. The minimum atomic E-state index is -2.18. The molecule has 0 bridgehead atoms. The zero-order valence-electron chi connectivity index (χ0n) is 7.91. The second-order valence-electron chi connectivity index (χ2n) is 3.36. The van der Waals surface area contributed by atoms with Crippen molar-refractivity contribution in [1.82, 2.24) is 0 Å². The van der Waals surface area contributed by atoms with Crippen LogP contribution in [0.2, 0.25) is 0 Å². The fourth-order valence-corrected chi connectivity index (χ4v) is 1.13. The van der Waals surface area contributed by atoms with Gasteiger partial charge >= 0.3 is 5.97 Å². The smallest absolute Gasteiger partial charge is 0.340 e. The van der Waals surface area contributed by atoms with Crippen molar-refractivity contribution in [2.45, 2.75) is 19.4 Å². The molecular formula is C10H11FO3. The number of carboxylic acids is 1. The highest BCUT2D eigenvalue weighted by atomic mass is 19.1. The van der Waals surface area contributed by atoms with Gasteiger partial charge in [0.25, 0.3) is 0 Å². The average Bonchev–Trinajstić information content (AvgIpc) is 2.08. The SMILES string of the molecule is Cc1ccc(F)c(C(C)(O)C(=O)O)c1. The highest BCUT2D eigenvalue weighted by Crippen LogP contribution is 2.24. The van der Waals surface area contributed by atoms with Gasteiger partial charge in [-0.2, -0.15) is 0 Å². The lowest BCUT2D eigenvalue weighted by atomic mass is 9.94. The Morgan fingerprint density at radius 2 is 2.07 bits per heavy atom. The fourth-order valence-electron chi connectivity index (χ4n) is 1.13. The van der Waals surface area contributed by atoms with Crippen LogP contribution in [0.15, 0.2) is 18.2 Å². The number of hydrogen-bond acceptors (Lipinski definition) is 2. The molecule has 1 unspecified atom stereocenters. The predicted molar refractivity (Wildman–Crippen MR) is 48.3 cm³/mol. The topological polar surface area (TPSA) is 57.5 Å². The lowest BCUT2D eigenvalue weighted by Crippen LogP contribution is -2.32. The molecule has 0 saturated carbocycles. The highest BCUT2D eigenvalue weighted by molar-refractivity contribution is 5.78. The minimum absolute atomic E-state index is 0.218. The van der Waals surface area contributed by atoms with Gasteiger partial charge in [0, 0.05) is 5.56 Å². The zero-order chi connectivity index (χ0) is 10.9. The van der Waals surface area contributed by atoms with E-state index in [-0.39, 0.29) is 5.56 Å². The van der Waals surface area contributed by atoms with Crippen molar-refractivity contribution < 1.29 is 19.4 Å². The molecule has 0 aliphatic rings. The van der Waals surface area contributed by atoms with Crippen molar-refractivity contribution in [2.75, 3.05) is 0 Å². The van der Waals surface area contributed by atoms with Crippen LogP contribution < -0.4 is 0 Å². The van der Waals surface area contributed by atoms with Crippen molar-refractivity contribution in [3.05, 3.63) is 35.1 Å². The van der Waals surface area contributed by atoms with Crippen molar-refractivity contribution in [3.63, 3.8) is 0 Å². The van der Waals surface area contributed by atoms with Crippen LogP contribution in [0, 0.1) is 12.7 Å². The highest BCUT2D eigenvalue weighted by Gasteiger charge is 2.34. The minimum Gasteiger partial charge on any atom is -0.479 e. The summed E-state index contributed by atoms with van der Waals surface area (Å²) in [4.78, 5) is 10.7. The maximum absolute atomic E-state index is 13.2. The molecule has 0 aliphatic heterocycles. The molecule has 2 N–H and O–H groups in total. The normalized spacial score (nSPS) is 14.9. The van der Waals surface area contributed by atoms with Crippen LogP contribution in [-0.4, -0.2) is 16.2 Å². The second kappa shape index (κ2) is 3.38. The molecule has 1 rings (SSSR count). The van der Waals surface area contributed by atoms with Crippen LogP contribution in [0.5, 0.6) is 0 Å². The van der Waals surface area contributed by atoms with E-state index >= 15 is 0 Å². The second-order valence-corrected chi connectivity index (χ2v) is 3.36. The van der Waals surface area contributed by atoms with Crippen molar-refractivity contribution >= 4 is 5.97 Å². The summed E-state index contributed by atoms with van der Waals surface area (Å²) in [5.41, 5.74) is -1.70. The molecule has 0 spiro atoms.